The lowest BCUT2D eigenvalue weighted by Gasteiger charge is -2.31. The van der Waals surface area contributed by atoms with Crippen molar-refractivity contribution in [1.29, 1.82) is 0 Å². The predicted molar refractivity (Wildman–Crippen MR) is 120 cm³/mol. The molecule has 0 aliphatic carbocycles. The Balaban J connectivity index is 0.00000109. The van der Waals surface area contributed by atoms with Crippen molar-refractivity contribution in [3.05, 3.63) is 70.4 Å². The van der Waals surface area contributed by atoms with Gasteiger partial charge in [-0.2, -0.15) is 0 Å². The van der Waals surface area contributed by atoms with Crippen molar-refractivity contribution < 1.29 is 0 Å². The average molecular weight is 396 g/mol. The van der Waals surface area contributed by atoms with Crippen LogP contribution in [0, 0.1) is 16.9 Å². The van der Waals surface area contributed by atoms with Crippen molar-refractivity contribution in [1.82, 2.24) is 9.29 Å². The highest BCUT2D eigenvalue weighted by molar-refractivity contribution is 7.96. The first-order valence-electron chi connectivity index (χ1n) is 9.40. The highest BCUT2D eigenvalue weighted by atomic mass is 32.2. The molecule has 4 rings (SSSR count). The Morgan fingerprint density at radius 3 is 2.43 bits per heavy atom. The number of hydrogen-bond acceptors (Lipinski definition) is 6. The molecule has 1 aromatic heterocycles. The Morgan fingerprint density at radius 2 is 1.75 bits per heavy atom. The molecule has 28 heavy (non-hydrogen) atoms. The van der Waals surface area contributed by atoms with E-state index in [1.54, 1.807) is 0 Å². The summed E-state index contributed by atoms with van der Waals surface area (Å²) in [5, 5.41) is 6.26. The molecule has 0 radical (unpaired) electrons. The second kappa shape index (κ2) is 9.66. The summed E-state index contributed by atoms with van der Waals surface area (Å²) in [6.07, 6.45) is 8.38. The maximum atomic E-state index is 7.00. The number of nitrogens with one attached hydrogen (secondary N) is 1. The molecule has 5 nitrogen and oxygen atoms in total. The average Bonchev–Trinajstić information content (AvgIpc) is 2.76. The fourth-order valence-corrected chi connectivity index (χ4v) is 4.21. The smallest absolute Gasteiger partial charge is 0.0443 e. The van der Waals surface area contributed by atoms with Crippen LogP contribution in [0.3, 0.4) is 0 Å². The molecule has 0 spiro atoms. The van der Waals surface area contributed by atoms with Crippen LogP contribution in [0.25, 0.3) is 21.9 Å². The van der Waals surface area contributed by atoms with Crippen molar-refractivity contribution >= 4 is 28.4 Å². The predicted octanol–water partition coefficient (Wildman–Crippen LogP) is 5.43. The lowest BCUT2D eigenvalue weighted by atomic mass is 9.98. The van der Waals surface area contributed by atoms with Gasteiger partial charge in [0.1, 0.15) is 0 Å². The van der Waals surface area contributed by atoms with E-state index in [-0.39, 0.29) is 0 Å². The van der Waals surface area contributed by atoms with Gasteiger partial charge in [-0.3, -0.25) is 9.29 Å². The summed E-state index contributed by atoms with van der Waals surface area (Å²) in [4.78, 5) is 18.4. The van der Waals surface area contributed by atoms with E-state index in [4.69, 9.17) is 9.93 Å². The molecule has 146 valence electrons. The van der Waals surface area contributed by atoms with E-state index in [9.17, 15) is 0 Å². The number of piperidine rings is 1. The number of hydrogen-bond donors (Lipinski definition) is 1. The molecule has 6 heteroatoms. The van der Waals surface area contributed by atoms with Crippen LogP contribution in [0.4, 0.5) is 5.69 Å². The van der Waals surface area contributed by atoms with Crippen LogP contribution in [-0.2, 0) is 0 Å². The van der Waals surface area contributed by atoms with Gasteiger partial charge >= 0.3 is 0 Å². The third kappa shape index (κ3) is 4.69. The van der Waals surface area contributed by atoms with E-state index in [1.165, 1.54) is 46.0 Å². The van der Waals surface area contributed by atoms with E-state index >= 15 is 0 Å². The van der Waals surface area contributed by atoms with Crippen molar-refractivity contribution in [2.45, 2.75) is 25.8 Å². The van der Waals surface area contributed by atoms with Crippen LogP contribution < -0.4 is 5.32 Å². The molecule has 1 N–H and O–H groups in total. The highest BCUT2D eigenvalue weighted by Crippen LogP contribution is 2.32. The fourth-order valence-electron chi connectivity index (χ4n) is 3.63. The number of anilines is 1. The fraction of sp³-hybridized carbons (Fsp3) is 0.318. The van der Waals surface area contributed by atoms with Gasteiger partial charge in [-0.05, 0) is 60.7 Å². The SMILES string of the molecule is CSN1CCC(Nc2cc(-c3ccc(C)cc3)cc3ccncc23)CC1.O=O. The number of aromatic nitrogens is 1. The summed E-state index contributed by atoms with van der Waals surface area (Å²) >= 11 is 1.85. The number of rotatable bonds is 4. The molecule has 1 aliphatic heterocycles. The van der Waals surface area contributed by atoms with E-state index in [1.807, 2.05) is 24.3 Å². The first-order chi connectivity index (χ1) is 13.7. The van der Waals surface area contributed by atoms with Crippen LogP contribution in [0.5, 0.6) is 0 Å². The summed E-state index contributed by atoms with van der Waals surface area (Å²) in [6, 6.07) is 16.0. The van der Waals surface area contributed by atoms with Crippen LogP contribution in [-0.4, -0.2) is 34.7 Å². The van der Waals surface area contributed by atoms with Gasteiger partial charge in [-0.1, -0.05) is 41.8 Å². The molecule has 1 aliphatic rings. The van der Waals surface area contributed by atoms with Crippen molar-refractivity contribution in [3.63, 3.8) is 0 Å². The van der Waals surface area contributed by atoms with Crippen molar-refractivity contribution in [3.8, 4) is 11.1 Å². The van der Waals surface area contributed by atoms with Gasteiger partial charge in [0.05, 0.1) is 0 Å². The highest BCUT2D eigenvalue weighted by Gasteiger charge is 2.19. The normalized spacial score (nSPS) is 15.1. The molecule has 2 heterocycles. The van der Waals surface area contributed by atoms with Crippen LogP contribution in [0.2, 0.25) is 0 Å². The molecule has 0 atom stereocenters. The largest absolute Gasteiger partial charge is 0.382 e. The van der Waals surface area contributed by atoms with Gasteiger partial charge in [-0.25, -0.2) is 0 Å². The summed E-state index contributed by atoms with van der Waals surface area (Å²) in [5.74, 6) is 0. The minimum absolute atomic E-state index is 0.523. The standard InChI is InChI=1S/C22H25N3S.O2/c1-16-3-5-17(6-4-16)19-13-18-7-10-23-15-21(18)22(14-19)24-20-8-11-25(26-2)12-9-20;1-2/h3-7,10,13-15,20,24H,8-9,11-12H2,1-2H3;. The second-order valence-electron chi connectivity index (χ2n) is 7.02. The lowest BCUT2D eigenvalue weighted by molar-refractivity contribution is 0.359. The van der Waals surface area contributed by atoms with Crippen molar-refractivity contribution in [2.75, 3.05) is 24.7 Å². The van der Waals surface area contributed by atoms with E-state index in [0.717, 1.165) is 13.1 Å². The van der Waals surface area contributed by atoms with Crippen LogP contribution in [0.1, 0.15) is 18.4 Å². The minimum Gasteiger partial charge on any atom is -0.382 e. The van der Waals surface area contributed by atoms with Gasteiger partial charge in [-0.15, -0.1) is 0 Å². The zero-order chi connectivity index (χ0) is 19.9. The lowest BCUT2D eigenvalue weighted by Crippen LogP contribution is -2.35. The molecule has 2 aromatic carbocycles. The Labute approximate surface area is 169 Å². The monoisotopic (exact) mass is 395 g/mol. The molecule has 1 fully saturated rings. The number of aryl methyl sites for hydroxylation is 1. The Hall–Kier alpha value is -2.44. The van der Waals surface area contributed by atoms with Crippen molar-refractivity contribution in [2.24, 2.45) is 0 Å². The topological polar surface area (TPSA) is 62.3 Å². The number of fused-ring (bicyclic) bond motifs is 1. The molecule has 0 saturated carbocycles. The first kappa shape index (κ1) is 20.3. The van der Waals surface area contributed by atoms with Gasteiger partial charge in [0.25, 0.3) is 0 Å². The molecular formula is C22H25N3O2S. The summed E-state index contributed by atoms with van der Waals surface area (Å²) < 4.78 is 2.45. The summed E-state index contributed by atoms with van der Waals surface area (Å²) in [7, 11) is 0. The number of benzene rings is 2. The number of pyridine rings is 1. The summed E-state index contributed by atoms with van der Waals surface area (Å²) in [6.45, 7) is 4.42. The van der Waals surface area contributed by atoms with Gasteiger partial charge < -0.3 is 5.32 Å². The van der Waals surface area contributed by atoms with Gasteiger partial charge in [0.2, 0.25) is 0 Å². The third-order valence-corrected chi connectivity index (χ3v) is 6.09. The number of nitrogens with zero attached hydrogens (tertiary/aromatic N) is 2. The van der Waals surface area contributed by atoms with E-state index < -0.39 is 0 Å². The Kier molecular flexibility index (Phi) is 7.01. The van der Waals surface area contributed by atoms with Crippen LogP contribution >= 0.6 is 11.9 Å². The molecule has 0 bridgehead atoms. The quantitative estimate of drug-likeness (QED) is 0.594. The maximum Gasteiger partial charge on any atom is 0.0443 e. The zero-order valence-electron chi connectivity index (χ0n) is 16.2. The van der Waals surface area contributed by atoms with Crippen LogP contribution in [0.15, 0.2) is 54.9 Å². The molecule has 0 unspecified atom stereocenters. The van der Waals surface area contributed by atoms with E-state index in [0.29, 0.717) is 6.04 Å². The first-order valence-corrected chi connectivity index (χ1v) is 10.6. The van der Waals surface area contributed by atoms with Gasteiger partial charge in [0.15, 0.2) is 0 Å². The van der Waals surface area contributed by atoms with E-state index in [2.05, 4.69) is 70.3 Å². The minimum atomic E-state index is 0.523. The Bertz CT molecular complexity index is 909. The molecule has 3 aromatic rings. The second-order valence-corrected chi connectivity index (χ2v) is 7.90. The zero-order valence-corrected chi connectivity index (χ0v) is 17.0. The molecular weight excluding hydrogens is 370 g/mol. The summed E-state index contributed by atoms with van der Waals surface area (Å²) in [5.41, 5.74) is 5.01. The molecule has 0 amide bonds. The Morgan fingerprint density at radius 1 is 1.04 bits per heavy atom. The van der Waals surface area contributed by atoms with Gasteiger partial charge in [0, 0.05) is 52.5 Å². The maximum absolute atomic E-state index is 7.00. The third-order valence-electron chi connectivity index (χ3n) is 5.21. The molecule has 1 saturated heterocycles.